The predicted molar refractivity (Wildman–Crippen MR) is 67.3 cm³/mol. The highest BCUT2D eigenvalue weighted by Gasteiger charge is 2.18. The summed E-state index contributed by atoms with van der Waals surface area (Å²) in [5.74, 6) is -0.121. The zero-order chi connectivity index (χ0) is 11.9. The maximum absolute atomic E-state index is 13.6. The molecule has 0 saturated carbocycles. The number of hydrogen-bond acceptors (Lipinski definition) is 0. The van der Waals surface area contributed by atoms with Gasteiger partial charge in [0.05, 0.1) is 0 Å². The summed E-state index contributed by atoms with van der Waals surface area (Å²) >= 11 is 0. The molecule has 0 saturated heterocycles. The number of rotatable bonds is 0. The van der Waals surface area contributed by atoms with Gasteiger partial charge < -0.3 is 0 Å². The Morgan fingerprint density at radius 2 is 1.69 bits per heavy atom. The van der Waals surface area contributed by atoms with Crippen molar-refractivity contribution in [1.82, 2.24) is 0 Å². The summed E-state index contributed by atoms with van der Waals surface area (Å²) in [6.07, 6.45) is 0. The highest BCUT2D eigenvalue weighted by atomic mass is 19.1. The molecule has 1 heteroatoms. The Morgan fingerprint density at radius 1 is 1.00 bits per heavy atom. The quantitative estimate of drug-likeness (QED) is 0.604. The van der Waals surface area contributed by atoms with Crippen molar-refractivity contribution in [2.24, 2.45) is 0 Å². The summed E-state index contributed by atoms with van der Waals surface area (Å²) in [6, 6.07) is 9.57. The average molecular weight is 216 g/mol. The fourth-order valence-corrected chi connectivity index (χ4v) is 2.16. The molecule has 0 aliphatic carbocycles. The van der Waals surface area contributed by atoms with Crippen LogP contribution in [0.4, 0.5) is 4.39 Å². The molecule has 0 heterocycles. The van der Waals surface area contributed by atoms with E-state index in [0.717, 1.165) is 16.3 Å². The summed E-state index contributed by atoms with van der Waals surface area (Å²) < 4.78 is 13.6. The van der Waals surface area contributed by atoms with Crippen LogP contribution in [0.3, 0.4) is 0 Å². The first-order chi connectivity index (χ1) is 7.41. The summed E-state index contributed by atoms with van der Waals surface area (Å²) in [6.45, 7) is 8.33. The van der Waals surface area contributed by atoms with Gasteiger partial charge in [-0.15, -0.1) is 0 Å². The molecular weight excluding hydrogens is 199 g/mol. The van der Waals surface area contributed by atoms with Gasteiger partial charge >= 0.3 is 0 Å². The van der Waals surface area contributed by atoms with Gasteiger partial charge in [0, 0.05) is 0 Å². The number of benzene rings is 2. The van der Waals surface area contributed by atoms with Crippen LogP contribution in [0.5, 0.6) is 0 Å². The minimum absolute atomic E-state index is 0.0397. The predicted octanol–water partition coefficient (Wildman–Crippen LogP) is 4.58. The van der Waals surface area contributed by atoms with E-state index in [1.807, 2.05) is 25.1 Å². The maximum Gasteiger partial charge on any atom is 0.126 e. The first-order valence-electron chi connectivity index (χ1n) is 5.59. The van der Waals surface area contributed by atoms with Crippen LogP contribution in [-0.4, -0.2) is 0 Å². The van der Waals surface area contributed by atoms with Crippen molar-refractivity contribution in [1.29, 1.82) is 0 Å². The molecule has 0 aliphatic rings. The van der Waals surface area contributed by atoms with Crippen LogP contribution in [0.2, 0.25) is 0 Å². The summed E-state index contributed by atoms with van der Waals surface area (Å²) in [7, 11) is 0. The molecule has 2 aromatic rings. The third-order valence-electron chi connectivity index (χ3n) is 3.05. The summed E-state index contributed by atoms with van der Waals surface area (Å²) in [5.41, 5.74) is 2.00. The second kappa shape index (κ2) is 3.58. The second-order valence-electron chi connectivity index (χ2n) is 5.33. The van der Waals surface area contributed by atoms with Crippen molar-refractivity contribution >= 4 is 10.8 Å². The van der Waals surface area contributed by atoms with Gasteiger partial charge in [-0.05, 0) is 40.3 Å². The minimum Gasteiger partial charge on any atom is -0.207 e. The molecule has 0 amide bonds. The monoisotopic (exact) mass is 216 g/mol. The lowest BCUT2D eigenvalue weighted by atomic mass is 9.82. The van der Waals surface area contributed by atoms with E-state index < -0.39 is 0 Å². The third kappa shape index (κ3) is 1.71. The van der Waals surface area contributed by atoms with E-state index in [1.165, 1.54) is 5.56 Å². The number of halogens is 1. The zero-order valence-corrected chi connectivity index (χ0v) is 10.3. The molecule has 0 nitrogen and oxygen atoms in total. The maximum atomic E-state index is 13.6. The Morgan fingerprint density at radius 3 is 2.31 bits per heavy atom. The fourth-order valence-electron chi connectivity index (χ4n) is 2.16. The van der Waals surface area contributed by atoms with E-state index in [-0.39, 0.29) is 11.2 Å². The van der Waals surface area contributed by atoms with Crippen molar-refractivity contribution in [3.63, 3.8) is 0 Å². The molecule has 16 heavy (non-hydrogen) atoms. The van der Waals surface area contributed by atoms with Gasteiger partial charge in [-0.3, -0.25) is 0 Å². The van der Waals surface area contributed by atoms with Gasteiger partial charge in [0.1, 0.15) is 5.82 Å². The lowest BCUT2D eigenvalue weighted by Crippen LogP contribution is -2.12. The second-order valence-corrected chi connectivity index (χ2v) is 5.33. The van der Waals surface area contributed by atoms with E-state index in [1.54, 1.807) is 6.07 Å². The van der Waals surface area contributed by atoms with Crippen LogP contribution < -0.4 is 0 Å². The molecular formula is C15H17F. The fraction of sp³-hybridized carbons (Fsp3) is 0.333. The number of hydrogen-bond donors (Lipinski definition) is 0. The van der Waals surface area contributed by atoms with Gasteiger partial charge in [-0.1, -0.05) is 45.0 Å². The lowest BCUT2D eigenvalue weighted by Gasteiger charge is -2.22. The van der Waals surface area contributed by atoms with Gasteiger partial charge in [-0.25, -0.2) is 4.39 Å². The number of aryl methyl sites for hydroxylation is 1. The molecule has 0 atom stereocenters. The largest absolute Gasteiger partial charge is 0.207 e. The van der Waals surface area contributed by atoms with Crippen molar-refractivity contribution in [3.8, 4) is 0 Å². The molecule has 0 spiro atoms. The van der Waals surface area contributed by atoms with Crippen LogP contribution >= 0.6 is 0 Å². The Balaban J connectivity index is 2.91. The molecule has 0 bridgehead atoms. The van der Waals surface area contributed by atoms with E-state index >= 15 is 0 Å². The first kappa shape index (κ1) is 11.1. The van der Waals surface area contributed by atoms with Crippen LogP contribution in [0.25, 0.3) is 10.8 Å². The van der Waals surface area contributed by atoms with E-state index in [0.29, 0.717) is 0 Å². The van der Waals surface area contributed by atoms with Crippen LogP contribution in [-0.2, 0) is 5.41 Å². The normalized spacial score (nSPS) is 12.1. The number of fused-ring (bicyclic) bond motifs is 1. The highest BCUT2D eigenvalue weighted by Crippen LogP contribution is 2.32. The van der Waals surface area contributed by atoms with E-state index in [2.05, 4.69) is 26.8 Å². The smallest absolute Gasteiger partial charge is 0.126 e. The molecule has 0 radical (unpaired) electrons. The molecule has 2 rings (SSSR count). The van der Waals surface area contributed by atoms with Gasteiger partial charge in [-0.2, -0.15) is 0 Å². The van der Waals surface area contributed by atoms with Gasteiger partial charge in [0.2, 0.25) is 0 Å². The molecule has 0 aliphatic heterocycles. The molecule has 84 valence electrons. The van der Waals surface area contributed by atoms with Crippen molar-refractivity contribution in [2.45, 2.75) is 33.1 Å². The molecule has 0 aromatic heterocycles. The van der Waals surface area contributed by atoms with E-state index in [4.69, 9.17) is 0 Å². The van der Waals surface area contributed by atoms with Gasteiger partial charge in [0.25, 0.3) is 0 Å². The van der Waals surface area contributed by atoms with Crippen LogP contribution in [0.15, 0.2) is 30.3 Å². The van der Waals surface area contributed by atoms with Crippen LogP contribution in [0, 0.1) is 12.7 Å². The highest BCUT2D eigenvalue weighted by molar-refractivity contribution is 5.89. The average Bonchev–Trinajstić information content (AvgIpc) is 2.21. The molecule has 0 unspecified atom stereocenters. The lowest BCUT2D eigenvalue weighted by molar-refractivity contribution is 0.593. The van der Waals surface area contributed by atoms with Gasteiger partial charge in [0.15, 0.2) is 0 Å². The van der Waals surface area contributed by atoms with Crippen LogP contribution in [0.1, 0.15) is 31.9 Å². The standard InChI is InChI=1S/C15H17F/c1-10-13(16)9-8-11-6-5-7-12(14(10)11)15(2,3)4/h5-9H,1-4H3. The topological polar surface area (TPSA) is 0 Å². The Labute approximate surface area is 96.1 Å². The first-order valence-corrected chi connectivity index (χ1v) is 5.59. The molecule has 0 N–H and O–H groups in total. The van der Waals surface area contributed by atoms with Crippen molar-refractivity contribution in [2.75, 3.05) is 0 Å². The third-order valence-corrected chi connectivity index (χ3v) is 3.05. The Kier molecular flexibility index (Phi) is 2.49. The summed E-state index contributed by atoms with van der Waals surface area (Å²) in [4.78, 5) is 0. The Hall–Kier alpha value is -1.37. The van der Waals surface area contributed by atoms with E-state index in [9.17, 15) is 4.39 Å². The SMILES string of the molecule is Cc1c(F)ccc2cccc(C(C)(C)C)c12. The molecule has 2 aromatic carbocycles. The van der Waals surface area contributed by atoms with Crippen molar-refractivity contribution in [3.05, 3.63) is 47.3 Å². The Bertz CT molecular complexity index is 533. The van der Waals surface area contributed by atoms with Crippen molar-refractivity contribution < 1.29 is 4.39 Å². The molecule has 0 fully saturated rings. The zero-order valence-electron chi connectivity index (χ0n) is 10.3. The minimum atomic E-state index is -0.121. The summed E-state index contributed by atoms with van der Waals surface area (Å²) in [5, 5.41) is 2.18.